The molecule has 22 heavy (non-hydrogen) atoms. The van der Waals surface area contributed by atoms with Crippen molar-refractivity contribution >= 4 is 5.91 Å². The first-order chi connectivity index (χ1) is 10.4. The average Bonchev–Trinajstić information content (AvgIpc) is 3.11. The van der Waals surface area contributed by atoms with Crippen molar-refractivity contribution in [1.82, 2.24) is 4.90 Å². The number of benzene rings is 1. The van der Waals surface area contributed by atoms with E-state index >= 15 is 0 Å². The molecule has 1 N–H and O–H groups in total. The number of para-hydroxylation sites is 1. The topological polar surface area (TPSA) is 49.8 Å². The van der Waals surface area contributed by atoms with Crippen LogP contribution < -0.4 is 4.74 Å². The van der Waals surface area contributed by atoms with Gasteiger partial charge in [-0.15, -0.1) is 0 Å². The van der Waals surface area contributed by atoms with E-state index in [1.165, 1.54) is 0 Å². The van der Waals surface area contributed by atoms with Crippen LogP contribution in [0.3, 0.4) is 0 Å². The first kappa shape index (κ1) is 15.3. The molecule has 1 aromatic rings. The summed E-state index contributed by atoms with van der Waals surface area (Å²) >= 11 is 0. The lowest BCUT2D eigenvalue weighted by Crippen LogP contribution is -2.48. The third-order valence-corrected chi connectivity index (χ3v) is 5.00. The minimum Gasteiger partial charge on any atom is -0.496 e. The van der Waals surface area contributed by atoms with E-state index in [1.807, 2.05) is 29.2 Å². The standard InChI is InChI=1S/C18H25NO3/c1-18(2,21)16-9-6-10-19(16)17(20)14-11-13(14)12-7-4-5-8-15(12)22-3/h4-5,7-8,13-14,16,21H,6,9-11H2,1-3H3. The molecular weight excluding hydrogens is 278 g/mol. The highest BCUT2D eigenvalue weighted by Gasteiger charge is 2.50. The van der Waals surface area contributed by atoms with Gasteiger partial charge in [-0.3, -0.25) is 4.79 Å². The van der Waals surface area contributed by atoms with Crippen LogP contribution in [0.1, 0.15) is 44.6 Å². The van der Waals surface area contributed by atoms with Crippen molar-refractivity contribution in [3.63, 3.8) is 0 Å². The maximum atomic E-state index is 12.8. The zero-order valence-corrected chi connectivity index (χ0v) is 13.6. The Morgan fingerprint density at radius 1 is 1.36 bits per heavy atom. The minimum absolute atomic E-state index is 0.0410. The molecule has 3 rings (SSSR count). The maximum absolute atomic E-state index is 12.8. The molecule has 1 aliphatic heterocycles. The van der Waals surface area contributed by atoms with E-state index in [2.05, 4.69) is 0 Å². The molecule has 1 saturated heterocycles. The van der Waals surface area contributed by atoms with Crippen molar-refractivity contribution in [3.8, 4) is 5.75 Å². The van der Waals surface area contributed by atoms with Crippen LogP contribution in [-0.4, -0.2) is 41.2 Å². The van der Waals surface area contributed by atoms with Gasteiger partial charge in [-0.05, 0) is 50.7 Å². The molecule has 1 heterocycles. The molecular formula is C18H25NO3. The molecule has 0 aromatic heterocycles. The van der Waals surface area contributed by atoms with Gasteiger partial charge >= 0.3 is 0 Å². The number of ether oxygens (including phenoxy) is 1. The van der Waals surface area contributed by atoms with Gasteiger partial charge in [-0.2, -0.15) is 0 Å². The molecule has 3 atom stereocenters. The number of carbonyl (C=O) groups excluding carboxylic acids is 1. The number of carbonyl (C=O) groups is 1. The smallest absolute Gasteiger partial charge is 0.226 e. The SMILES string of the molecule is COc1ccccc1C1CC1C(=O)N1CCCC1C(C)(C)O. The number of likely N-dealkylation sites (tertiary alicyclic amines) is 1. The molecule has 2 aliphatic rings. The van der Waals surface area contributed by atoms with Gasteiger partial charge in [0.05, 0.1) is 18.8 Å². The highest BCUT2D eigenvalue weighted by Crippen LogP contribution is 2.52. The van der Waals surface area contributed by atoms with Crippen molar-refractivity contribution in [2.45, 2.75) is 50.7 Å². The summed E-state index contributed by atoms with van der Waals surface area (Å²) in [5.41, 5.74) is 0.295. The predicted octanol–water partition coefficient (Wildman–Crippen LogP) is 2.56. The Bertz CT molecular complexity index is 564. The summed E-state index contributed by atoms with van der Waals surface area (Å²) in [5.74, 6) is 1.36. The van der Waals surface area contributed by atoms with E-state index in [9.17, 15) is 9.90 Å². The van der Waals surface area contributed by atoms with Gasteiger partial charge in [0.1, 0.15) is 5.75 Å². The first-order valence-electron chi connectivity index (χ1n) is 8.09. The molecule has 1 amide bonds. The summed E-state index contributed by atoms with van der Waals surface area (Å²) in [6.07, 6.45) is 2.75. The molecule has 4 nitrogen and oxygen atoms in total. The van der Waals surface area contributed by atoms with Crippen LogP contribution in [0.15, 0.2) is 24.3 Å². The van der Waals surface area contributed by atoms with Crippen molar-refractivity contribution in [2.24, 2.45) is 5.92 Å². The molecule has 1 aromatic carbocycles. The van der Waals surface area contributed by atoms with E-state index in [1.54, 1.807) is 21.0 Å². The Balaban J connectivity index is 1.73. The Morgan fingerprint density at radius 2 is 2.09 bits per heavy atom. The maximum Gasteiger partial charge on any atom is 0.226 e. The second kappa shape index (κ2) is 5.58. The van der Waals surface area contributed by atoms with Gasteiger partial charge < -0.3 is 14.7 Å². The van der Waals surface area contributed by atoms with Crippen molar-refractivity contribution in [3.05, 3.63) is 29.8 Å². The fourth-order valence-electron chi connectivity index (χ4n) is 3.76. The third kappa shape index (κ3) is 2.72. The summed E-state index contributed by atoms with van der Waals surface area (Å²) in [5, 5.41) is 10.3. The highest BCUT2D eigenvalue weighted by molar-refractivity contribution is 5.84. The van der Waals surface area contributed by atoms with Crippen LogP contribution in [0, 0.1) is 5.92 Å². The first-order valence-corrected chi connectivity index (χ1v) is 8.09. The van der Waals surface area contributed by atoms with Crippen LogP contribution in [0.25, 0.3) is 0 Å². The lowest BCUT2D eigenvalue weighted by Gasteiger charge is -2.34. The number of amides is 1. The van der Waals surface area contributed by atoms with E-state index in [-0.39, 0.29) is 23.8 Å². The highest BCUT2D eigenvalue weighted by atomic mass is 16.5. The fourth-order valence-corrected chi connectivity index (χ4v) is 3.76. The van der Waals surface area contributed by atoms with Gasteiger partial charge in [-0.1, -0.05) is 18.2 Å². The van der Waals surface area contributed by atoms with Crippen LogP contribution in [0.4, 0.5) is 0 Å². The lowest BCUT2D eigenvalue weighted by molar-refractivity contribution is -0.138. The second-order valence-electron chi connectivity index (χ2n) is 7.03. The molecule has 1 aliphatic carbocycles. The molecule has 0 bridgehead atoms. The van der Waals surface area contributed by atoms with Gasteiger partial charge in [0, 0.05) is 12.5 Å². The van der Waals surface area contributed by atoms with E-state index in [0.29, 0.717) is 0 Å². The fraction of sp³-hybridized carbons (Fsp3) is 0.611. The zero-order chi connectivity index (χ0) is 15.9. The molecule has 1 saturated carbocycles. The van der Waals surface area contributed by atoms with Crippen molar-refractivity contribution in [2.75, 3.05) is 13.7 Å². The Labute approximate surface area is 132 Å². The number of hydrogen-bond acceptors (Lipinski definition) is 3. The van der Waals surface area contributed by atoms with Crippen LogP contribution in [-0.2, 0) is 4.79 Å². The Kier molecular flexibility index (Phi) is 3.89. The number of rotatable bonds is 4. The molecule has 4 heteroatoms. The second-order valence-corrected chi connectivity index (χ2v) is 7.03. The Hall–Kier alpha value is -1.55. The van der Waals surface area contributed by atoms with Gasteiger partial charge in [0.25, 0.3) is 0 Å². The normalized spacial score (nSPS) is 27.8. The predicted molar refractivity (Wildman–Crippen MR) is 84.9 cm³/mol. The lowest BCUT2D eigenvalue weighted by atomic mass is 9.96. The molecule has 120 valence electrons. The van der Waals surface area contributed by atoms with Crippen LogP contribution >= 0.6 is 0 Å². The summed E-state index contributed by atoms with van der Waals surface area (Å²) in [4.78, 5) is 14.7. The van der Waals surface area contributed by atoms with Gasteiger partial charge in [0.2, 0.25) is 5.91 Å². The number of aliphatic hydroxyl groups is 1. The van der Waals surface area contributed by atoms with E-state index < -0.39 is 5.60 Å². The molecule has 2 fully saturated rings. The van der Waals surface area contributed by atoms with Crippen molar-refractivity contribution in [1.29, 1.82) is 0 Å². The summed E-state index contributed by atoms with van der Waals surface area (Å²) in [6.45, 7) is 4.37. The van der Waals surface area contributed by atoms with Crippen molar-refractivity contribution < 1.29 is 14.6 Å². The van der Waals surface area contributed by atoms with Crippen LogP contribution in [0.2, 0.25) is 0 Å². The molecule has 0 spiro atoms. The van der Waals surface area contributed by atoms with Crippen LogP contribution in [0.5, 0.6) is 5.75 Å². The van der Waals surface area contributed by atoms with E-state index in [4.69, 9.17) is 4.74 Å². The average molecular weight is 303 g/mol. The zero-order valence-electron chi connectivity index (χ0n) is 13.6. The molecule has 0 radical (unpaired) electrons. The quantitative estimate of drug-likeness (QED) is 0.930. The number of nitrogens with zero attached hydrogens (tertiary/aromatic N) is 1. The number of methoxy groups -OCH3 is 1. The Morgan fingerprint density at radius 3 is 2.77 bits per heavy atom. The van der Waals surface area contributed by atoms with Gasteiger partial charge in [-0.25, -0.2) is 0 Å². The summed E-state index contributed by atoms with van der Waals surface area (Å²) in [7, 11) is 1.67. The third-order valence-electron chi connectivity index (χ3n) is 5.00. The molecule has 3 unspecified atom stereocenters. The summed E-state index contributed by atoms with van der Waals surface area (Å²) in [6, 6.07) is 7.89. The number of hydrogen-bond donors (Lipinski definition) is 1. The monoisotopic (exact) mass is 303 g/mol. The largest absolute Gasteiger partial charge is 0.496 e. The van der Waals surface area contributed by atoms with E-state index in [0.717, 1.165) is 37.1 Å². The minimum atomic E-state index is -0.832. The summed E-state index contributed by atoms with van der Waals surface area (Å²) < 4.78 is 5.41. The van der Waals surface area contributed by atoms with Gasteiger partial charge in [0.15, 0.2) is 0 Å².